The van der Waals surface area contributed by atoms with Crippen LogP contribution in [-0.4, -0.2) is 37.7 Å². The minimum Gasteiger partial charge on any atom is -0.497 e. The molecule has 0 saturated carbocycles. The molecule has 1 fully saturated rings. The van der Waals surface area contributed by atoms with E-state index in [9.17, 15) is 0 Å². The molecule has 0 bridgehead atoms. The van der Waals surface area contributed by atoms with Crippen LogP contribution in [0, 0.1) is 0 Å². The Kier molecular flexibility index (Phi) is 10.0. The topological polar surface area (TPSA) is 61.8 Å². The molecule has 2 N–H and O–H groups in total. The van der Waals surface area contributed by atoms with Crippen LogP contribution in [-0.2, 0) is 13.1 Å². The van der Waals surface area contributed by atoms with Crippen LogP contribution in [0.2, 0.25) is 0 Å². The van der Waals surface area contributed by atoms with E-state index >= 15 is 0 Å². The predicted octanol–water partition coefficient (Wildman–Crippen LogP) is 3.95. The number of aliphatic imine (C=N–C) groups is 1. The summed E-state index contributed by atoms with van der Waals surface area (Å²) in [7, 11) is 1.68. The van der Waals surface area contributed by atoms with Crippen LogP contribution in [0.15, 0.2) is 47.6 Å². The summed E-state index contributed by atoms with van der Waals surface area (Å²) in [6.07, 6.45) is 5.74. The first kappa shape index (κ1) is 23.3. The van der Waals surface area contributed by atoms with Gasteiger partial charge in [-0.25, -0.2) is 9.98 Å². The number of pyridine rings is 1. The maximum atomic E-state index is 5.29. The normalized spacial score (nSPS) is 14.1. The Bertz CT molecular complexity index is 777. The number of nitrogens with one attached hydrogen (secondary N) is 2. The molecule has 0 unspecified atom stereocenters. The molecular weight excluding hydrogens is 477 g/mol. The van der Waals surface area contributed by atoms with E-state index in [0.717, 1.165) is 42.7 Å². The van der Waals surface area contributed by atoms with Gasteiger partial charge >= 0.3 is 0 Å². The van der Waals surface area contributed by atoms with Gasteiger partial charge in [-0.2, -0.15) is 0 Å². The number of benzene rings is 1. The first-order valence-corrected chi connectivity index (χ1v) is 10.1. The van der Waals surface area contributed by atoms with Gasteiger partial charge in [-0.3, -0.25) is 0 Å². The van der Waals surface area contributed by atoms with Crippen molar-refractivity contribution in [1.29, 1.82) is 0 Å². The van der Waals surface area contributed by atoms with E-state index in [1.165, 1.54) is 24.8 Å². The molecule has 7 heteroatoms. The van der Waals surface area contributed by atoms with E-state index in [1.807, 2.05) is 24.4 Å². The number of ether oxygens (including phenoxy) is 1. The molecule has 1 aromatic carbocycles. The third-order valence-corrected chi connectivity index (χ3v) is 4.85. The zero-order valence-electron chi connectivity index (χ0n) is 17.4. The van der Waals surface area contributed by atoms with Crippen molar-refractivity contribution in [2.24, 2.45) is 4.99 Å². The quantitative estimate of drug-likeness (QED) is 0.336. The molecule has 6 nitrogen and oxygen atoms in total. The summed E-state index contributed by atoms with van der Waals surface area (Å²) in [4.78, 5) is 11.6. The standard InChI is InChI=1S/C22H31N5O.HI/c1-3-23-22(25-16-18-8-7-9-20(14-18)28-2)26-17-19-10-11-24-21(15-19)27-12-5-4-6-13-27;/h7-11,14-15H,3-6,12-13,16-17H2,1-2H3,(H2,23,25,26);1H. The third-order valence-electron chi connectivity index (χ3n) is 4.85. The number of hydrogen-bond acceptors (Lipinski definition) is 4. The maximum absolute atomic E-state index is 5.29. The van der Waals surface area contributed by atoms with Crippen LogP contribution < -0.4 is 20.3 Å². The first-order chi connectivity index (χ1) is 13.8. The van der Waals surface area contributed by atoms with Gasteiger partial charge < -0.3 is 20.3 Å². The van der Waals surface area contributed by atoms with E-state index in [4.69, 9.17) is 9.73 Å². The van der Waals surface area contributed by atoms with Crippen molar-refractivity contribution in [1.82, 2.24) is 15.6 Å². The molecule has 3 rings (SSSR count). The zero-order chi connectivity index (χ0) is 19.6. The molecule has 1 aliphatic heterocycles. The van der Waals surface area contributed by atoms with Crippen molar-refractivity contribution in [2.75, 3.05) is 31.6 Å². The lowest BCUT2D eigenvalue weighted by atomic mass is 10.1. The SMILES string of the molecule is CCNC(=NCc1cccc(OC)c1)NCc1ccnc(N2CCCCC2)c1.I. The molecule has 29 heavy (non-hydrogen) atoms. The van der Waals surface area contributed by atoms with Gasteiger partial charge in [-0.05, 0) is 61.6 Å². The van der Waals surface area contributed by atoms with Gasteiger partial charge in [-0.15, -0.1) is 24.0 Å². The van der Waals surface area contributed by atoms with Gasteiger partial charge in [0.05, 0.1) is 13.7 Å². The highest BCUT2D eigenvalue weighted by Gasteiger charge is 2.12. The molecule has 2 heterocycles. The molecule has 1 aliphatic rings. The smallest absolute Gasteiger partial charge is 0.191 e. The summed E-state index contributed by atoms with van der Waals surface area (Å²) >= 11 is 0. The van der Waals surface area contributed by atoms with Crippen LogP contribution >= 0.6 is 24.0 Å². The Morgan fingerprint density at radius 3 is 2.69 bits per heavy atom. The largest absolute Gasteiger partial charge is 0.497 e. The summed E-state index contributed by atoms with van der Waals surface area (Å²) in [5, 5.41) is 6.74. The summed E-state index contributed by atoms with van der Waals surface area (Å²) < 4.78 is 5.29. The zero-order valence-corrected chi connectivity index (χ0v) is 19.7. The number of nitrogens with zero attached hydrogens (tertiary/aromatic N) is 3. The molecule has 1 aromatic heterocycles. The van der Waals surface area contributed by atoms with Crippen molar-refractivity contribution in [3.05, 3.63) is 53.7 Å². The number of methoxy groups -OCH3 is 1. The second-order valence-electron chi connectivity index (χ2n) is 6.97. The van der Waals surface area contributed by atoms with Crippen LogP contribution in [0.4, 0.5) is 5.82 Å². The fourth-order valence-electron chi connectivity index (χ4n) is 3.34. The first-order valence-electron chi connectivity index (χ1n) is 10.1. The highest BCUT2D eigenvalue weighted by atomic mass is 127. The van der Waals surface area contributed by atoms with E-state index in [2.05, 4.69) is 45.6 Å². The van der Waals surface area contributed by atoms with E-state index in [-0.39, 0.29) is 24.0 Å². The molecule has 158 valence electrons. The number of aromatic nitrogens is 1. The summed E-state index contributed by atoms with van der Waals surface area (Å²) in [5.41, 5.74) is 2.33. The minimum atomic E-state index is 0. The van der Waals surface area contributed by atoms with Crippen LogP contribution in [0.25, 0.3) is 0 Å². The number of hydrogen-bond donors (Lipinski definition) is 2. The molecule has 0 radical (unpaired) electrons. The summed E-state index contributed by atoms with van der Waals surface area (Å²) in [6, 6.07) is 12.3. The molecular formula is C22H32IN5O. The highest BCUT2D eigenvalue weighted by molar-refractivity contribution is 14.0. The fraction of sp³-hybridized carbons (Fsp3) is 0.455. The average molecular weight is 509 g/mol. The Morgan fingerprint density at radius 1 is 1.10 bits per heavy atom. The van der Waals surface area contributed by atoms with Gasteiger partial charge in [0.2, 0.25) is 0 Å². The fourth-order valence-corrected chi connectivity index (χ4v) is 3.34. The molecule has 0 aliphatic carbocycles. The van der Waals surface area contributed by atoms with Crippen molar-refractivity contribution in [3.63, 3.8) is 0 Å². The van der Waals surface area contributed by atoms with Gasteiger partial charge in [0.25, 0.3) is 0 Å². The van der Waals surface area contributed by atoms with E-state index < -0.39 is 0 Å². The van der Waals surface area contributed by atoms with Gasteiger partial charge in [0.15, 0.2) is 5.96 Å². The lowest BCUT2D eigenvalue weighted by Gasteiger charge is -2.28. The lowest BCUT2D eigenvalue weighted by molar-refractivity contribution is 0.414. The Balaban J connectivity index is 0.00000300. The second-order valence-corrected chi connectivity index (χ2v) is 6.97. The average Bonchev–Trinajstić information content (AvgIpc) is 2.76. The number of rotatable bonds is 7. The Morgan fingerprint density at radius 2 is 1.93 bits per heavy atom. The molecule has 2 aromatic rings. The van der Waals surface area contributed by atoms with Crippen LogP contribution in [0.5, 0.6) is 5.75 Å². The number of piperidine rings is 1. The monoisotopic (exact) mass is 509 g/mol. The highest BCUT2D eigenvalue weighted by Crippen LogP contribution is 2.18. The van der Waals surface area contributed by atoms with E-state index in [1.54, 1.807) is 7.11 Å². The van der Waals surface area contributed by atoms with Crippen molar-refractivity contribution in [2.45, 2.75) is 39.3 Å². The summed E-state index contributed by atoms with van der Waals surface area (Å²) in [6.45, 7) is 6.42. The van der Waals surface area contributed by atoms with Crippen molar-refractivity contribution >= 4 is 35.8 Å². The Hall–Kier alpha value is -2.03. The molecule has 0 amide bonds. The van der Waals surface area contributed by atoms with Gasteiger partial charge in [0, 0.05) is 32.4 Å². The summed E-state index contributed by atoms with van der Waals surface area (Å²) in [5.74, 6) is 2.74. The van der Waals surface area contributed by atoms with E-state index in [0.29, 0.717) is 13.1 Å². The number of guanidine groups is 1. The molecule has 0 spiro atoms. The maximum Gasteiger partial charge on any atom is 0.191 e. The van der Waals surface area contributed by atoms with Crippen molar-refractivity contribution in [3.8, 4) is 5.75 Å². The molecule has 0 atom stereocenters. The predicted molar refractivity (Wildman–Crippen MR) is 130 cm³/mol. The number of anilines is 1. The van der Waals surface area contributed by atoms with Crippen LogP contribution in [0.1, 0.15) is 37.3 Å². The Labute approximate surface area is 191 Å². The van der Waals surface area contributed by atoms with Gasteiger partial charge in [0.1, 0.15) is 11.6 Å². The second kappa shape index (κ2) is 12.5. The minimum absolute atomic E-state index is 0. The van der Waals surface area contributed by atoms with Crippen molar-refractivity contribution < 1.29 is 4.74 Å². The lowest BCUT2D eigenvalue weighted by Crippen LogP contribution is -2.37. The number of halogens is 1. The molecule has 1 saturated heterocycles. The third kappa shape index (κ3) is 7.38. The van der Waals surface area contributed by atoms with Gasteiger partial charge in [-0.1, -0.05) is 12.1 Å². The van der Waals surface area contributed by atoms with Crippen LogP contribution in [0.3, 0.4) is 0 Å².